The van der Waals surface area contributed by atoms with Crippen LogP contribution in [0.25, 0.3) is 0 Å². The van der Waals surface area contributed by atoms with Crippen molar-refractivity contribution in [2.45, 2.75) is 26.8 Å². The van der Waals surface area contributed by atoms with Crippen molar-refractivity contribution in [2.75, 3.05) is 11.9 Å². The van der Waals surface area contributed by atoms with Gasteiger partial charge < -0.3 is 15.4 Å². The fraction of sp³-hybridized carbons (Fsp3) is 0.200. The summed E-state index contributed by atoms with van der Waals surface area (Å²) < 4.78 is 5.15. The lowest BCUT2D eigenvalue weighted by Crippen LogP contribution is -2.33. The second kappa shape index (κ2) is 10.0. The number of aryl methyl sites for hydroxylation is 1. The van der Waals surface area contributed by atoms with E-state index < -0.39 is 0 Å². The molecule has 0 aliphatic heterocycles. The number of thiocarbonyl (C=S) groups is 1. The largest absolute Gasteiger partial charge is 0.462 e. The topological polar surface area (TPSA) is 50.4 Å². The van der Waals surface area contributed by atoms with Crippen LogP contribution in [0.15, 0.2) is 72.8 Å². The van der Waals surface area contributed by atoms with Gasteiger partial charge in [0.05, 0.1) is 18.2 Å². The first-order valence-corrected chi connectivity index (χ1v) is 10.4. The van der Waals surface area contributed by atoms with Gasteiger partial charge in [-0.25, -0.2) is 4.79 Å². The molecule has 0 unspecified atom stereocenters. The van der Waals surface area contributed by atoms with Gasteiger partial charge in [0.1, 0.15) is 0 Å². The summed E-state index contributed by atoms with van der Waals surface area (Å²) in [7, 11) is 0. The van der Waals surface area contributed by atoms with Crippen LogP contribution >= 0.6 is 12.2 Å². The van der Waals surface area contributed by atoms with Crippen molar-refractivity contribution in [3.05, 3.63) is 101 Å². The minimum absolute atomic E-state index is 0.0963. The molecule has 0 heterocycles. The zero-order valence-electron chi connectivity index (χ0n) is 17.4. The lowest BCUT2D eigenvalue weighted by atomic mass is 9.95. The highest BCUT2D eigenvalue weighted by Crippen LogP contribution is 2.26. The third-order valence-corrected chi connectivity index (χ3v) is 5.21. The predicted octanol–water partition coefficient (Wildman–Crippen LogP) is 5.56. The van der Waals surface area contributed by atoms with Crippen molar-refractivity contribution in [3.8, 4) is 0 Å². The third-order valence-electron chi connectivity index (χ3n) is 4.99. The molecule has 3 aromatic carbocycles. The Morgan fingerprint density at radius 1 is 0.967 bits per heavy atom. The number of hydrogen-bond donors (Lipinski definition) is 2. The quantitative estimate of drug-likeness (QED) is 0.406. The van der Waals surface area contributed by atoms with Crippen LogP contribution in [0, 0.1) is 13.8 Å². The third kappa shape index (κ3) is 5.05. The molecule has 30 heavy (non-hydrogen) atoms. The molecule has 1 atom stereocenters. The molecule has 0 bridgehead atoms. The lowest BCUT2D eigenvalue weighted by molar-refractivity contribution is 0.0525. The van der Waals surface area contributed by atoms with Gasteiger partial charge in [0.25, 0.3) is 0 Å². The van der Waals surface area contributed by atoms with Crippen molar-refractivity contribution in [3.63, 3.8) is 0 Å². The minimum atomic E-state index is -0.334. The van der Waals surface area contributed by atoms with Crippen LogP contribution in [0.4, 0.5) is 5.69 Å². The molecular formula is C25H26N2O2S. The van der Waals surface area contributed by atoms with Gasteiger partial charge in [0, 0.05) is 5.69 Å². The molecule has 0 aromatic heterocycles. The number of carbonyl (C=O) groups excluding carboxylic acids is 1. The number of ether oxygens (including phenoxy) is 1. The van der Waals surface area contributed by atoms with E-state index in [1.807, 2.05) is 49.4 Å². The Morgan fingerprint density at radius 2 is 1.67 bits per heavy atom. The first kappa shape index (κ1) is 21.5. The predicted molar refractivity (Wildman–Crippen MR) is 126 cm³/mol. The SMILES string of the molecule is CCOC(=O)c1cccc(NC(=S)N[C@@H](c2ccccc2)c2ccccc2C)c1C. The second-order valence-electron chi connectivity index (χ2n) is 7.00. The number of carbonyl (C=O) groups is 1. The van der Waals surface area contributed by atoms with Gasteiger partial charge in [0.15, 0.2) is 5.11 Å². The standard InChI is InChI=1S/C25H26N2O2S/c1-4-29-24(28)21-15-10-16-22(18(21)3)26-25(30)27-23(19-12-6-5-7-13-19)20-14-9-8-11-17(20)2/h5-16,23H,4H2,1-3H3,(H2,26,27,30)/t23-/m0/s1. The molecule has 0 saturated carbocycles. The van der Waals surface area contributed by atoms with Gasteiger partial charge in [-0.3, -0.25) is 0 Å². The highest BCUT2D eigenvalue weighted by molar-refractivity contribution is 7.80. The Labute approximate surface area is 183 Å². The summed E-state index contributed by atoms with van der Waals surface area (Å²) in [5.41, 5.74) is 5.56. The average molecular weight is 419 g/mol. The molecule has 154 valence electrons. The van der Waals surface area contributed by atoms with Crippen LogP contribution in [0.2, 0.25) is 0 Å². The van der Waals surface area contributed by atoms with Crippen molar-refractivity contribution in [2.24, 2.45) is 0 Å². The molecular weight excluding hydrogens is 392 g/mol. The van der Waals surface area contributed by atoms with E-state index >= 15 is 0 Å². The molecule has 0 aliphatic rings. The number of esters is 1. The van der Waals surface area contributed by atoms with Crippen molar-refractivity contribution in [1.29, 1.82) is 0 Å². The summed E-state index contributed by atoms with van der Waals surface area (Å²) in [4.78, 5) is 12.2. The summed E-state index contributed by atoms with van der Waals surface area (Å²) >= 11 is 5.64. The fourth-order valence-corrected chi connectivity index (χ4v) is 3.62. The van der Waals surface area contributed by atoms with Crippen LogP contribution < -0.4 is 10.6 Å². The zero-order valence-corrected chi connectivity index (χ0v) is 18.3. The monoisotopic (exact) mass is 418 g/mol. The molecule has 4 nitrogen and oxygen atoms in total. The molecule has 2 N–H and O–H groups in total. The number of anilines is 1. The lowest BCUT2D eigenvalue weighted by Gasteiger charge is -2.24. The van der Waals surface area contributed by atoms with E-state index in [2.05, 4.69) is 41.8 Å². The average Bonchev–Trinajstić information content (AvgIpc) is 2.75. The highest BCUT2D eigenvalue weighted by Gasteiger charge is 2.18. The normalized spacial score (nSPS) is 11.4. The Morgan fingerprint density at radius 3 is 2.37 bits per heavy atom. The van der Waals surface area contributed by atoms with Gasteiger partial charge in [0.2, 0.25) is 0 Å². The number of benzene rings is 3. The maximum absolute atomic E-state index is 12.2. The molecule has 0 fully saturated rings. The van der Waals surface area contributed by atoms with Gasteiger partial charge in [-0.15, -0.1) is 0 Å². The van der Waals surface area contributed by atoms with Gasteiger partial charge in [-0.1, -0.05) is 60.7 Å². The minimum Gasteiger partial charge on any atom is -0.462 e. The maximum atomic E-state index is 12.2. The highest BCUT2D eigenvalue weighted by atomic mass is 32.1. The Kier molecular flexibility index (Phi) is 7.20. The molecule has 0 aliphatic carbocycles. The van der Waals surface area contributed by atoms with E-state index in [1.165, 1.54) is 5.56 Å². The summed E-state index contributed by atoms with van der Waals surface area (Å²) in [6.45, 7) is 6.11. The molecule has 0 radical (unpaired) electrons. The van der Waals surface area contributed by atoms with Crippen molar-refractivity contribution < 1.29 is 9.53 Å². The number of hydrogen-bond acceptors (Lipinski definition) is 3. The Hall–Kier alpha value is -3.18. The van der Waals surface area contributed by atoms with Gasteiger partial charge >= 0.3 is 5.97 Å². The van der Waals surface area contributed by atoms with E-state index in [0.29, 0.717) is 17.3 Å². The summed E-state index contributed by atoms with van der Waals surface area (Å²) in [6.07, 6.45) is 0. The molecule has 0 spiro atoms. The smallest absolute Gasteiger partial charge is 0.338 e. The number of rotatable bonds is 6. The van der Waals surface area contributed by atoms with Crippen molar-refractivity contribution >= 4 is 29.0 Å². The van der Waals surface area contributed by atoms with E-state index in [9.17, 15) is 4.79 Å². The van der Waals surface area contributed by atoms with Crippen LogP contribution in [0.1, 0.15) is 45.6 Å². The fourth-order valence-electron chi connectivity index (χ4n) is 3.39. The maximum Gasteiger partial charge on any atom is 0.338 e. The molecule has 0 saturated heterocycles. The Bertz CT molecular complexity index is 1030. The summed E-state index contributed by atoms with van der Waals surface area (Å²) in [6, 6.07) is 23.8. The van der Waals surface area contributed by atoms with Crippen LogP contribution in [-0.2, 0) is 4.74 Å². The van der Waals surface area contributed by atoms with Gasteiger partial charge in [-0.05, 0) is 67.4 Å². The number of nitrogens with one attached hydrogen (secondary N) is 2. The van der Waals surface area contributed by atoms with Crippen LogP contribution in [-0.4, -0.2) is 17.7 Å². The molecule has 3 aromatic rings. The summed E-state index contributed by atoms with van der Waals surface area (Å²) in [5.74, 6) is -0.334. The first-order chi connectivity index (χ1) is 14.5. The first-order valence-electron chi connectivity index (χ1n) is 9.96. The molecule has 0 amide bonds. The van der Waals surface area contributed by atoms with E-state index in [4.69, 9.17) is 17.0 Å². The van der Waals surface area contributed by atoms with Crippen LogP contribution in [0.5, 0.6) is 0 Å². The molecule has 5 heteroatoms. The van der Waals surface area contributed by atoms with E-state index in [0.717, 1.165) is 22.4 Å². The van der Waals surface area contributed by atoms with E-state index in [1.54, 1.807) is 13.0 Å². The Balaban J connectivity index is 1.85. The molecule has 3 rings (SSSR count). The van der Waals surface area contributed by atoms with Gasteiger partial charge in [-0.2, -0.15) is 0 Å². The second-order valence-corrected chi connectivity index (χ2v) is 7.41. The van der Waals surface area contributed by atoms with E-state index in [-0.39, 0.29) is 12.0 Å². The zero-order chi connectivity index (χ0) is 21.5. The summed E-state index contributed by atoms with van der Waals surface area (Å²) in [5, 5.41) is 7.18. The van der Waals surface area contributed by atoms with Crippen molar-refractivity contribution in [1.82, 2.24) is 5.32 Å². The van der Waals surface area contributed by atoms with Crippen LogP contribution in [0.3, 0.4) is 0 Å².